The Bertz CT molecular complexity index is 731. The summed E-state index contributed by atoms with van der Waals surface area (Å²) in [7, 11) is 0. The van der Waals surface area contributed by atoms with Crippen LogP contribution in [-0.2, 0) is 14.3 Å². The molecule has 0 atom stereocenters. The van der Waals surface area contributed by atoms with Crippen molar-refractivity contribution in [3.05, 3.63) is 11.8 Å². The number of anilines is 2. The lowest BCUT2D eigenvalue weighted by Crippen LogP contribution is -2.51. The summed E-state index contributed by atoms with van der Waals surface area (Å²) in [6, 6.07) is 2.00. The quantitative estimate of drug-likeness (QED) is 0.694. The van der Waals surface area contributed by atoms with Crippen LogP contribution < -0.4 is 9.80 Å². The van der Waals surface area contributed by atoms with Crippen LogP contribution in [0.5, 0.6) is 0 Å². The third-order valence-electron chi connectivity index (χ3n) is 5.25. The molecule has 10 nitrogen and oxygen atoms in total. The molecule has 4 heterocycles. The van der Waals surface area contributed by atoms with Crippen molar-refractivity contribution >= 4 is 23.8 Å². The highest BCUT2D eigenvalue weighted by Crippen LogP contribution is 2.20. The number of amides is 2. The summed E-state index contributed by atoms with van der Waals surface area (Å²) in [5.74, 6) is 1.59. The van der Waals surface area contributed by atoms with Crippen LogP contribution in [0.4, 0.5) is 16.6 Å². The molecule has 1 aromatic heterocycles. The SMILES string of the molecule is Cc1cc(N2CCOCC2)nc(N2CCN(C(=O)CN3CCOC3=O)CC2)n1. The van der Waals surface area contributed by atoms with Crippen molar-refractivity contribution in [1.82, 2.24) is 19.8 Å². The van der Waals surface area contributed by atoms with Crippen molar-refractivity contribution in [2.24, 2.45) is 0 Å². The maximum Gasteiger partial charge on any atom is 0.410 e. The van der Waals surface area contributed by atoms with Gasteiger partial charge in [-0.15, -0.1) is 0 Å². The first-order valence-corrected chi connectivity index (χ1v) is 9.73. The fraction of sp³-hybridized carbons (Fsp3) is 0.667. The van der Waals surface area contributed by atoms with E-state index in [9.17, 15) is 9.59 Å². The van der Waals surface area contributed by atoms with Gasteiger partial charge in [-0.1, -0.05) is 0 Å². The van der Waals surface area contributed by atoms with Crippen LogP contribution in [0.2, 0.25) is 0 Å². The summed E-state index contributed by atoms with van der Waals surface area (Å²) in [5, 5.41) is 0. The first kappa shape index (κ1) is 18.7. The molecule has 0 spiro atoms. The van der Waals surface area contributed by atoms with Gasteiger partial charge in [-0.05, 0) is 6.92 Å². The Morgan fingerprint density at radius 1 is 1.00 bits per heavy atom. The van der Waals surface area contributed by atoms with Crippen molar-refractivity contribution in [2.45, 2.75) is 6.92 Å². The van der Waals surface area contributed by atoms with E-state index in [1.54, 1.807) is 4.90 Å². The molecule has 3 saturated heterocycles. The van der Waals surface area contributed by atoms with Crippen LogP contribution in [0.25, 0.3) is 0 Å². The van der Waals surface area contributed by atoms with Gasteiger partial charge in [0.05, 0.1) is 19.8 Å². The van der Waals surface area contributed by atoms with Gasteiger partial charge in [-0.2, -0.15) is 4.98 Å². The minimum Gasteiger partial charge on any atom is -0.448 e. The molecule has 3 aliphatic heterocycles. The number of nitrogens with zero attached hydrogens (tertiary/aromatic N) is 6. The normalized spacial score (nSPS) is 20.5. The second kappa shape index (κ2) is 8.17. The van der Waals surface area contributed by atoms with E-state index in [4.69, 9.17) is 14.5 Å². The number of aromatic nitrogens is 2. The molecule has 0 saturated carbocycles. The molecule has 152 valence electrons. The molecule has 0 radical (unpaired) electrons. The lowest BCUT2D eigenvalue weighted by Gasteiger charge is -2.36. The number of piperazine rings is 1. The van der Waals surface area contributed by atoms with Gasteiger partial charge >= 0.3 is 6.09 Å². The Morgan fingerprint density at radius 2 is 1.75 bits per heavy atom. The third kappa shape index (κ3) is 4.11. The van der Waals surface area contributed by atoms with E-state index in [-0.39, 0.29) is 12.5 Å². The van der Waals surface area contributed by atoms with E-state index in [1.807, 2.05) is 13.0 Å². The van der Waals surface area contributed by atoms with Gasteiger partial charge in [0.25, 0.3) is 0 Å². The molecular formula is C18H26N6O4. The molecular weight excluding hydrogens is 364 g/mol. The van der Waals surface area contributed by atoms with E-state index in [2.05, 4.69) is 14.8 Å². The summed E-state index contributed by atoms with van der Waals surface area (Å²) < 4.78 is 10.3. The van der Waals surface area contributed by atoms with Gasteiger partial charge < -0.3 is 24.2 Å². The number of aryl methyl sites for hydroxylation is 1. The average Bonchev–Trinajstić information content (AvgIpc) is 3.13. The molecule has 4 rings (SSSR count). The molecule has 3 fully saturated rings. The summed E-state index contributed by atoms with van der Waals surface area (Å²) >= 11 is 0. The molecule has 28 heavy (non-hydrogen) atoms. The van der Waals surface area contributed by atoms with Crippen LogP contribution in [0.3, 0.4) is 0 Å². The fourth-order valence-corrected chi connectivity index (χ4v) is 3.62. The van der Waals surface area contributed by atoms with Gasteiger partial charge in [-0.25, -0.2) is 9.78 Å². The highest BCUT2D eigenvalue weighted by molar-refractivity contribution is 5.83. The number of hydrogen-bond acceptors (Lipinski definition) is 8. The smallest absolute Gasteiger partial charge is 0.410 e. The van der Waals surface area contributed by atoms with Gasteiger partial charge in [0.2, 0.25) is 11.9 Å². The van der Waals surface area contributed by atoms with Gasteiger partial charge in [0, 0.05) is 51.0 Å². The zero-order valence-corrected chi connectivity index (χ0v) is 16.2. The Kier molecular flexibility index (Phi) is 5.47. The number of morpholine rings is 1. The highest BCUT2D eigenvalue weighted by Gasteiger charge is 2.29. The van der Waals surface area contributed by atoms with Gasteiger partial charge in [-0.3, -0.25) is 9.69 Å². The molecule has 2 amide bonds. The molecule has 0 aromatic carbocycles. The Hall–Kier alpha value is -2.62. The maximum absolute atomic E-state index is 12.5. The van der Waals surface area contributed by atoms with E-state index < -0.39 is 6.09 Å². The van der Waals surface area contributed by atoms with Crippen LogP contribution in [0, 0.1) is 6.92 Å². The second-order valence-electron chi connectivity index (χ2n) is 7.17. The highest BCUT2D eigenvalue weighted by atomic mass is 16.6. The molecule has 0 bridgehead atoms. The Labute approximate surface area is 164 Å². The number of rotatable bonds is 4. The topological polar surface area (TPSA) is 91.3 Å². The predicted molar refractivity (Wildman–Crippen MR) is 102 cm³/mol. The van der Waals surface area contributed by atoms with Crippen molar-refractivity contribution < 1.29 is 19.1 Å². The van der Waals surface area contributed by atoms with E-state index in [0.717, 1.165) is 24.6 Å². The largest absolute Gasteiger partial charge is 0.448 e. The number of carbonyl (C=O) groups excluding carboxylic acids is 2. The molecule has 0 N–H and O–H groups in total. The monoisotopic (exact) mass is 390 g/mol. The molecule has 10 heteroatoms. The van der Waals surface area contributed by atoms with Crippen molar-refractivity contribution in [3.8, 4) is 0 Å². The lowest BCUT2D eigenvalue weighted by atomic mass is 10.3. The van der Waals surface area contributed by atoms with E-state index in [1.165, 1.54) is 4.90 Å². The standard InChI is InChI=1S/C18H26N6O4/c1-14-12-15(21-6-9-27-10-7-21)20-17(19-14)23-4-2-22(3-5-23)16(25)13-24-8-11-28-18(24)26/h12H,2-11,13H2,1H3. The molecule has 1 aromatic rings. The molecule has 3 aliphatic rings. The summed E-state index contributed by atoms with van der Waals surface area (Å²) in [5.41, 5.74) is 0.928. The van der Waals surface area contributed by atoms with Crippen molar-refractivity contribution in [1.29, 1.82) is 0 Å². The maximum atomic E-state index is 12.5. The number of hydrogen-bond donors (Lipinski definition) is 0. The summed E-state index contributed by atoms with van der Waals surface area (Å²) in [6.07, 6.45) is -0.407. The summed E-state index contributed by atoms with van der Waals surface area (Å²) in [6.45, 7) is 8.50. The summed E-state index contributed by atoms with van der Waals surface area (Å²) in [4.78, 5) is 40.9. The van der Waals surface area contributed by atoms with E-state index in [0.29, 0.717) is 58.5 Å². The minimum absolute atomic E-state index is 0.0438. The van der Waals surface area contributed by atoms with Crippen LogP contribution in [0.1, 0.15) is 5.69 Å². The number of cyclic esters (lactones) is 1. The Balaban J connectivity index is 1.36. The number of ether oxygens (including phenoxy) is 2. The van der Waals surface area contributed by atoms with E-state index >= 15 is 0 Å². The minimum atomic E-state index is -0.407. The average molecular weight is 390 g/mol. The molecule has 0 unspecified atom stereocenters. The third-order valence-corrected chi connectivity index (χ3v) is 5.25. The van der Waals surface area contributed by atoms with Crippen LogP contribution >= 0.6 is 0 Å². The predicted octanol–water partition coefficient (Wildman–Crippen LogP) is -0.278. The van der Waals surface area contributed by atoms with Crippen LogP contribution in [0.15, 0.2) is 6.07 Å². The fourth-order valence-electron chi connectivity index (χ4n) is 3.62. The van der Waals surface area contributed by atoms with Crippen molar-refractivity contribution in [2.75, 3.05) is 82.0 Å². The Morgan fingerprint density at radius 3 is 2.43 bits per heavy atom. The van der Waals surface area contributed by atoms with Gasteiger partial charge in [0.15, 0.2) is 0 Å². The lowest BCUT2D eigenvalue weighted by molar-refractivity contribution is -0.132. The molecule has 0 aliphatic carbocycles. The van der Waals surface area contributed by atoms with Crippen LogP contribution in [-0.4, -0.2) is 104 Å². The number of carbonyl (C=O) groups is 2. The first-order chi connectivity index (χ1) is 13.6. The zero-order chi connectivity index (χ0) is 19.5. The van der Waals surface area contributed by atoms with Crippen molar-refractivity contribution in [3.63, 3.8) is 0 Å². The first-order valence-electron chi connectivity index (χ1n) is 9.73. The zero-order valence-electron chi connectivity index (χ0n) is 16.2. The second-order valence-corrected chi connectivity index (χ2v) is 7.17. The van der Waals surface area contributed by atoms with Gasteiger partial charge in [0.1, 0.15) is 19.0 Å².